The molecule has 0 fully saturated rings. The largest absolute Gasteiger partial charge is 0.574 e. The standard InChI is InChI=1S/C8H5F3N2O2/c1-14-6-2-7(15-8(9,10)11)13-4-5(6)3-12/h2,4H,1H3. The average Bonchev–Trinajstić information content (AvgIpc) is 2.15. The molecule has 1 rings (SSSR count). The number of alkyl halides is 3. The number of hydrogen-bond acceptors (Lipinski definition) is 4. The molecule has 0 aliphatic carbocycles. The van der Waals surface area contributed by atoms with Crippen LogP contribution < -0.4 is 9.47 Å². The molecular formula is C8H5F3N2O2. The molecule has 7 heteroatoms. The molecule has 0 spiro atoms. The number of nitrogens with zero attached hydrogens (tertiary/aromatic N) is 2. The molecule has 80 valence electrons. The Balaban J connectivity index is 3.00. The summed E-state index contributed by atoms with van der Waals surface area (Å²) in [4.78, 5) is 3.30. The van der Waals surface area contributed by atoms with E-state index in [-0.39, 0.29) is 11.3 Å². The van der Waals surface area contributed by atoms with Crippen LogP contribution in [0.4, 0.5) is 13.2 Å². The van der Waals surface area contributed by atoms with Gasteiger partial charge in [-0.2, -0.15) is 5.26 Å². The lowest BCUT2D eigenvalue weighted by Gasteiger charge is -2.09. The summed E-state index contributed by atoms with van der Waals surface area (Å²) in [6.07, 6.45) is -3.87. The fraction of sp³-hybridized carbons (Fsp3) is 0.250. The second kappa shape index (κ2) is 4.04. The third-order valence-electron chi connectivity index (χ3n) is 1.40. The summed E-state index contributed by atoms with van der Waals surface area (Å²) < 4.78 is 43.6. The Kier molecular flexibility index (Phi) is 2.99. The Bertz CT molecular complexity index is 398. The van der Waals surface area contributed by atoms with Crippen LogP contribution in [-0.4, -0.2) is 18.5 Å². The summed E-state index contributed by atoms with van der Waals surface area (Å²) in [7, 11) is 1.23. The number of aromatic nitrogens is 1. The maximum atomic E-state index is 11.8. The first-order chi connectivity index (χ1) is 6.96. The Hall–Kier alpha value is -1.97. The van der Waals surface area contributed by atoms with Gasteiger partial charge in [-0.15, -0.1) is 13.2 Å². The highest BCUT2D eigenvalue weighted by molar-refractivity contribution is 5.43. The molecule has 0 aliphatic rings. The molecule has 0 atom stereocenters. The topological polar surface area (TPSA) is 55.1 Å². The van der Waals surface area contributed by atoms with Crippen LogP contribution in [0.1, 0.15) is 5.56 Å². The SMILES string of the molecule is COc1cc(OC(F)(F)F)ncc1C#N. The molecule has 0 aromatic carbocycles. The molecule has 15 heavy (non-hydrogen) atoms. The van der Waals surface area contributed by atoms with Crippen molar-refractivity contribution in [3.8, 4) is 17.7 Å². The molecule has 1 aromatic rings. The van der Waals surface area contributed by atoms with Crippen molar-refractivity contribution in [1.29, 1.82) is 5.26 Å². The highest BCUT2D eigenvalue weighted by Crippen LogP contribution is 2.25. The molecule has 0 aliphatic heterocycles. The lowest BCUT2D eigenvalue weighted by atomic mass is 10.3. The minimum atomic E-state index is -4.81. The lowest BCUT2D eigenvalue weighted by molar-refractivity contribution is -0.276. The van der Waals surface area contributed by atoms with Crippen LogP contribution in [0.25, 0.3) is 0 Å². The highest BCUT2D eigenvalue weighted by atomic mass is 19.4. The van der Waals surface area contributed by atoms with Crippen molar-refractivity contribution in [2.75, 3.05) is 7.11 Å². The summed E-state index contributed by atoms with van der Waals surface area (Å²) >= 11 is 0. The van der Waals surface area contributed by atoms with Crippen LogP contribution >= 0.6 is 0 Å². The normalized spacial score (nSPS) is 10.6. The van der Waals surface area contributed by atoms with E-state index < -0.39 is 12.2 Å². The van der Waals surface area contributed by atoms with Crippen molar-refractivity contribution < 1.29 is 22.6 Å². The summed E-state index contributed by atoms with van der Waals surface area (Å²) in [5, 5.41) is 8.54. The number of methoxy groups -OCH3 is 1. The zero-order valence-electron chi connectivity index (χ0n) is 7.50. The van der Waals surface area contributed by atoms with Crippen molar-refractivity contribution in [2.24, 2.45) is 0 Å². The lowest BCUT2D eigenvalue weighted by Crippen LogP contribution is -2.18. The number of hydrogen-bond donors (Lipinski definition) is 0. The fourth-order valence-corrected chi connectivity index (χ4v) is 0.846. The number of halogens is 3. The van der Waals surface area contributed by atoms with E-state index >= 15 is 0 Å². The summed E-state index contributed by atoms with van der Waals surface area (Å²) in [6, 6.07) is 2.61. The second-order valence-electron chi connectivity index (χ2n) is 2.38. The van der Waals surface area contributed by atoms with E-state index in [1.54, 1.807) is 6.07 Å². The van der Waals surface area contributed by atoms with E-state index in [1.165, 1.54) is 7.11 Å². The molecule has 0 radical (unpaired) electrons. The first-order valence-corrected chi connectivity index (χ1v) is 3.66. The number of nitriles is 1. The zero-order chi connectivity index (χ0) is 11.5. The molecular weight excluding hydrogens is 213 g/mol. The molecule has 0 N–H and O–H groups in total. The molecule has 0 bridgehead atoms. The van der Waals surface area contributed by atoms with Crippen molar-refractivity contribution in [1.82, 2.24) is 4.98 Å². The van der Waals surface area contributed by atoms with Crippen molar-refractivity contribution >= 4 is 0 Å². The molecule has 1 heterocycles. The van der Waals surface area contributed by atoms with Gasteiger partial charge in [0, 0.05) is 6.07 Å². The van der Waals surface area contributed by atoms with Crippen LogP contribution in [-0.2, 0) is 0 Å². The minimum absolute atomic E-state index is 0.0215. The first kappa shape index (κ1) is 11.1. The highest BCUT2D eigenvalue weighted by Gasteiger charge is 2.32. The maximum Gasteiger partial charge on any atom is 0.574 e. The van der Waals surface area contributed by atoms with E-state index in [1.807, 2.05) is 0 Å². The van der Waals surface area contributed by atoms with Gasteiger partial charge >= 0.3 is 6.36 Å². The molecule has 0 unspecified atom stereocenters. The van der Waals surface area contributed by atoms with Gasteiger partial charge in [-0.3, -0.25) is 0 Å². The van der Waals surface area contributed by atoms with Crippen molar-refractivity contribution in [3.63, 3.8) is 0 Å². The van der Waals surface area contributed by atoms with Crippen LogP contribution in [0.5, 0.6) is 11.6 Å². The van der Waals surface area contributed by atoms with Gasteiger partial charge in [0.1, 0.15) is 17.4 Å². The van der Waals surface area contributed by atoms with Crippen LogP contribution in [0.15, 0.2) is 12.3 Å². The van der Waals surface area contributed by atoms with E-state index in [9.17, 15) is 13.2 Å². The Morgan fingerprint density at radius 2 is 2.13 bits per heavy atom. The second-order valence-corrected chi connectivity index (χ2v) is 2.38. The van der Waals surface area contributed by atoms with E-state index in [0.29, 0.717) is 0 Å². The van der Waals surface area contributed by atoms with Gasteiger partial charge in [0.2, 0.25) is 5.88 Å². The quantitative estimate of drug-likeness (QED) is 0.760. The molecule has 0 amide bonds. The van der Waals surface area contributed by atoms with Gasteiger partial charge in [0.15, 0.2) is 0 Å². The van der Waals surface area contributed by atoms with Gasteiger partial charge in [0.05, 0.1) is 13.3 Å². The molecule has 0 saturated carbocycles. The van der Waals surface area contributed by atoms with Crippen molar-refractivity contribution in [3.05, 3.63) is 17.8 Å². The van der Waals surface area contributed by atoms with Gasteiger partial charge in [-0.25, -0.2) is 4.98 Å². The van der Waals surface area contributed by atoms with Crippen LogP contribution in [0, 0.1) is 11.3 Å². The number of pyridine rings is 1. The smallest absolute Gasteiger partial charge is 0.495 e. The summed E-state index contributed by atoms with van der Waals surface area (Å²) in [5.74, 6) is -0.690. The van der Waals surface area contributed by atoms with E-state index in [4.69, 9.17) is 5.26 Å². The predicted octanol–water partition coefficient (Wildman–Crippen LogP) is 1.86. The molecule has 0 saturated heterocycles. The van der Waals surface area contributed by atoms with Gasteiger partial charge in [-0.1, -0.05) is 0 Å². The van der Waals surface area contributed by atoms with Gasteiger partial charge in [0.25, 0.3) is 0 Å². The predicted molar refractivity (Wildman–Crippen MR) is 42.2 cm³/mol. The Labute approximate surface area is 82.9 Å². The zero-order valence-corrected chi connectivity index (χ0v) is 7.50. The first-order valence-electron chi connectivity index (χ1n) is 3.66. The third-order valence-corrected chi connectivity index (χ3v) is 1.40. The third kappa shape index (κ3) is 3.02. The summed E-state index contributed by atoms with van der Waals surface area (Å²) in [6.45, 7) is 0. The van der Waals surface area contributed by atoms with E-state index in [2.05, 4.69) is 14.5 Å². The number of rotatable bonds is 2. The van der Waals surface area contributed by atoms with Gasteiger partial charge < -0.3 is 9.47 Å². The molecule has 4 nitrogen and oxygen atoms in total. The monoisotopic (exact) mass is 218 g/mol. The molecule has 1 aromatic heterocycles. The average molecular weight is 218 g/mol. The minimum Gasteiger partial charge on any atom is -0.495 e. The maximum absolute atomic E-state index is 11.8. The van der Waals surface area contributed by atoms with Gasteiger partial charge in [-0.05, 0) is 0 Å². The van der Waals surface area contributed by atoms with Crippen LogP contribution in [0.3, 0.4) is 0 Å². The summed E-state index contributed by atoms with van der Waals surface area (Å²) in [5.41, 5.74) is 0.0343. The fourth-order valence-electron chi connectivity index (χ4n) is 0.846. The van der Waals surface area contributed by atoms with Crippen molar-refractivity contribution in [2.45, 2.75) is 6.36 Å². The Morgan fingerprint density at radius 1 is 1.47 bits per heavy atom. The Morgan fingerprint density at radius 3 is 2.60 bits per heavy atom. The number of ether oxygens (including phenoxy) is 2. The van der Waals surface area contributed by atoms with Crippen LogP contribution in [0.2, 0.25) is 0 Å². The van der Waals surface area contributed by atoms with E-state index in [0.717, 1.165) is 12.3 Å².